The molecular weight excluding hydrogens is 412 g/mol. The monoisotopic (exact) mass is 438 g/mol. The zero-order valence-electron chi connectivity index (χ0n) is 17.6. The lowest BCUT2D eigenvalue weighted by atomic mass is 10.1. The van der Waals surface area contributed by atoms with Crippen LogP contribution in [0.3, 0.4) is 0 Å². The topological polar surface area (TPSA) is 75.7 Å². The number of ether oxygens (including phenoxy) is 1. The summed E-state index contributed by atoms with van der Waals surface area (Å²) < 4.78 is 33.0. The van der Waals surface area contributed by atoms with Gasteiger partial charge in [0.1, 0.15) is 12.3 Å². The Kier molecular flexibility index (Phi) is 7.31. The fourth-order valence-corrected chi connectivity index (χ4v) is 4.50. The highest BCUT2D eigenvalue weighted by Gasteiger charge is 2.27. The van der Waals surface area contributed by atoms with E-state index in [1.807, 2.05) is 49.4 Å². The summed E-state index contributed by atoms with van der Waals surface area (Å²) in [7, 11) is -2.43. The number of sulfonamides is 1. The Hall–Kier alpha value is -3.32. The number of anilines is 1. The molecule has 0 bridgehead atoms. The first-order chi connectivity index (χ1) is 14.9. The van der Waals surface area contributed by atoms with Crippen molar-refractivity contribution in [3.63, 3.8) is 0 Å². The third-order valence-corrected chi connectivity index (χ3v) is 6.62. The van der Waals surface area contributed by atoms with E-state index >= 15 is 0 Å². The van der Waals surface area contributed by atoms with Gasteiger partial charge in [0.25, 0.3) is 10.0 Å². The standard InChI is InChI=1S/C24H26N2O4S/c1-19-8-10-21(11-9-19)26(31(28,29)23-14-12-22(30-2)13-15-23)18-24(27)25-17-16-20-6-4-3-5-7-20/h3-15H,16-18H2,1-2H3,(H,25,27). The first kappa shape index (κ1) is 22.4. The van der Waals surface area contributed by atoms with E-state index in [1.165, 1.54) is 19.2 Å². The first-order valence-electron chi connectivity index (χ1n) is 9.94. The minimum atomic E-state index is -3.95. The molecule has 7 heteroatoms. The van der Waals surface area contributed by atoms with E-state index in [9.17, 15) is 13.2 Å². The summed E-state index contributed by atoms with van der Waals surface area (Å²) in [4.78, 5) is 12.7. The minimum absolute atomic E-state index is 0.0889. The number of aryl methyl sites for hydroxylation is 1. The van der Waals surface area contributed by atoms with Crippen LogP contribution < -0.4 is 14.4 Å². The van der Waals surface area contributed by atoms with E-state index in [0.29, 0.717) is 24.4 Å². The highest BCUT2D eigenvalue weighted by Crippen LogP contribution is 2.25. The van der Waals surface area contributed by atoms with Crippen LogP contribution in [0.2, 0.25) is 0 Å². The summed E-state index contributed by atoms with van der Waals surface area (Å²) in [5.41, 5.74) is 2.53. The van der Waals surface area contributed by atoms with Crippen LogP contribution in [0.1, 0.15) is 11.1 Å². The average molecular weight is 439 g/mol. The van der Waals surface area contributed by atoms with Crippen molar-refractivity contribution in [1.82, 2.24) is 5.32 Å². The van der Waals surface area contributed by atoms with E-state index in [1.54, 1.807) is 24.3 Å². The van der Waals surface area contributed by atoms with Gasteiger partial charge >= 0.3 is 0 Å². The van der Waals surface area contributed by atoms with Crippen LogP contribution in [-0.4, -0.2) is 34.5 Å². The molecule has 1 N–H and O–H groups in total. The van der Waals surface area contributed by atoms with Crippen LogP contribution in [0.15, 0.2) is 83.8 Å². The molecule has 0 spiro atoms. The van der Waals surface area contributed by atoms with Crippen molar-refractivity contribution in [2.24, 2.45) is 0 Å². The van der Waals surface area contributed by atoms with E-state index in [-0.39, 0.29) is 17.3 Å². The van der Waals surface area contributed by atoms with Gasteiger partial charge in [0.05, 0.1) is 17.7 Å². The van der Waals surface area contributed by atoms with Gasteiger partial charge in [-0.1, -0.05) is 48.0 Å². The molecule has 0 unspecified atom stereocenters. The van der Waals surface area contributed by atoms with Gasteiger partial charge < -0.3 is 10.1 Å². The molecule has 3 aromatic carbocycles. The lowest BCUT2D eigenvalue weighted by molar-refractivity contribution is -0.119. The third-order valence-electron chi connectivity index (χ3n) is 4.84. The number of hydrogen-bond donors (Lipinski definition) is 1. The van der Waals surface area contributed by atoms with Gasteiger partial charge in [0.2, 0.25) is 5.91 Å². The number of rotatable bonds is 9. The summed E-state index contributed by atoms with van der Waals surface area (Å²) in [6.45, 7) is 2.03. The highest BCUT2D eigenvalue weighted by molar-refractivity contribution is 7.92. The Morgan fingerprint density at radius 2 is 1.58 bits per heavy atom. The zero-order valence-corrected chi connectivity index (χ0v) is 18.4. The molecule has 0 aliphatic heterocycles. The zero-order chi connectivity index (χ0) is 22.3. The van der Waals surface area contributed by atoms with Crippen LogP contribution in [-0.2, 0) is 21.2 Å². The predicted octanol–water partition coefficient (Wildman–Crippen LogP) is 3.56. The Morgan fingerprint density at radius 1 is 0.935 bits per heavy atom. The maximum absolute atomic E-state index is 13.4. The summed E-state index contributed by atoms with van der Waals surface area (Å²) in [6.07, 6.45) is 0.669. The van der Waals surface area contributed by atoms with Crippen molar-refractivity contribution in [2.45, 2.75) is 18.2 Å². The molecular formula is C24H26N2O4S. The molecule has 0 heterocycles. The number of hydrogen-bond acceptors (Lipinski definition) is 4. The second-order valence-corrected chi connectivity index (χ2v) is 8.97. The van der Waals surface area contributed by atoms with Gasteiger partial charge in [-0.15, -0.1) is 0 Å². The summed E-state index contributed by atoms with van der Waals surface area (Å²) in [5.74, 6) is 0.188. The quantitative estimate of drug-likeness (QED) is 0.554. The Morgan fingerprint density at radius 3 is 2.19 bits per heavy atom. The molecule has 0 aliphatic carbocycles. The average Bonchev–Trinajstić information content (AvgIpc) is 2.79. The van der Waals surface area contributed by atoms with Gasteiger partial charge in [-0.05, 0) is 55.3 Å². The Balaban J connectivity index is 1.79. The summed E-state index contributed by atoms with van der Waals surface area (Å²) in [5, 5.41) is 2.82. The Bertz CT molecular complexity index is 1100. The fraction of sp³-hybridized carbons (Fsp3) is 0.208. The van der Waals surface area contributed by atoms with Crippen LogP contribution >= 0.6 is 0 Å². The molecule has 162 valence electrons. The smallest absolute Gasteiger partial charge is 0.264 e. The van der Waals surface area contributed by atoms with E-state index < -0.39 is 10.0 Å². The molecule has 3 aromatic rings. The number of amides is 1. The number of methoxy groups -OCH3 is 1. The SMILES string of the molecule is COc1ccc(S(=O)(=O)N(CC(=O)NCCc2ccccc2)c2ccc(C)cc2)cc1. The van der Waals surface area contributed by atoms with Gasteiger partial charge in [0.15, 0.2) is 0 Å². The number of benzene rings is 3. The second-order valence-electron chi connectivity index (χ2n) is 7.11. The number of nitrogens with one attached hydrogen (secondary N) is 1. The normalized spacial score (nSPS) is 11.0. The Labute approximate surface area is 183 Å². The van der Waals surface area contributed by atoms with E-state index in [4.69, 9.17) is 4.74 Å². The summed E-state index contributed by atoms with van der Waals surface area (Å²) in [6, 6.07) is 22.9. The van der Waals surface area contributed by atoms with E-state index in [2.05, 4.69) is 5.32 Å². The molecule has 0 radical (unpaired) electrons. The van der Waals surface area contributed by atoms with Crippen LogP contribution in [0, 0.1) is 6.92 Å². The maximum atomic E-state index is 13.4. The van der Waals surface area contributed by atoms with Crippen molar-refractivity contribution in [3.05, 3.63) is 90.0 Å². The lowest BCUT2D eigenvalue weighted by Crippen LogP contribution is -2.41. The van der Waals surface area contributed by atoms with Crippen molar-refractivity contribution >= 4 is 21.6 Å². The van der Waals surface area contributed by atoms with Crippen LogP contribution in [0.4, 0.5) is 5.69 Å². The van der Waals surface area contributed by atoms with Gasteiger partial charge in [-0.3, -0.25) is 9.10 Å². The lowest BCUT2D eigenvalue weighted by Gasteiger charge is -2.24. The van der Waals surface area contributed by atoms with Gasteiger partial charge in [-0.2, -0.15) is 0 Å². The van der Waals surface area contributed by atoms with E-state index in [0.717, 1.165) is 15.4 Å². The molecule has 0 aliphatic rings. The van der Waals surface area contributed by atoms with Crippen molar-refractivity contribution < 1.29 is 17.9 Å². The highest BCUT2D eigenvalue weighted by atomic mass is 32.2. The molecule has 0 fully saturated rings. The van der Waals surface area contributed by atoms with Gasteiger partial charge in [0, 0.05) is 6.54 Å². The fourth-order valence-electron chi connectivity index (χ4n) is 3.08. The molecule has 3 rings (SSSR count). The molecule has 6 nitrogen and oxygen atoms in total. The van der Waals surface area contributed by atoms with Crippen LogP contribution in [0.5, 0.6) is 5.75 Å². The second kappa shape index (κ2) is 10.1. The van der Waals surface area contributed by atoms with Crippen LogP contribution in [0.25, 0.3) is 0 Å². The molecule has 0 saturated heterocycles. The van der Waals surface area contributed by atoms with Crippen molar-refractivity contribution in [1.29, 1.82) is 0 Å². The number of nitrogens with zero attached hydrogens (tertiary/aromatic N) is 1. The summed E-state index contributed by atoms with van der Waals surface area (Å²) >= 11 is 0. The molecule has 0 atom stereocenters. The first-order valence-corrected chi connectivity index (χ1v) is 11.4. The number of carbonyl (C=O) groups is 1. The third kappa shape index (κ3) is 5.86. The predicted molar refractivity (Wildman–Crippen MR) is 122 cm³/mol. The molecule has 1 amide bonds. The molecule has 31 heavy (non-hydrogen) atoms. The molecule has 0 saturated carbocycles. The minimum Gasteiger partial charge on any atom is -0.497 e. The number of carbonyl (C=O) groups excluding carboxylic acids is 1. The van der Waals surface area contributed by atoms with Crippen molar-refractivity contribution in [2.75, 3.05) is 24.5 Å². The maximum Gasteiger partial charge on any atom is 0.264 e. The molecule has 0 aromatic heterocycles. The van der Waals surface area contributed by atoms with Crippen molar-refractivity contribution in [3.8, 4) is 5.75 Å². The largest absolute Gasteiger partial charge is 0.497 e. The van der Waals surface area contributed by atoms with Gasteiger partial charge in [-0.25, -0.2) is 8.42 Å².